The maximum absolute atomic E-state index is 12.1. The molecule has 3 rings (SSSR count). The number of nitrogens with zero attached hydrogens (tertiary/aromatic N) is 1. The molecular formula is C16H22BrNO3. The third kappa shape index (κ3) is 3.47. The Morgan fingerprint density at radius 2 is 1.95 bits per heavy atom. The minimum atomic E-state index is -2.09. The summed E-state index contributed by atoms with van der Waals surface area (Å²) in [6.45, 7) is -2.09. The van der Waals surface area contributed by atoms with E-state index in [9.17, 15) is 9.90 Å². The Kier molecular flexibility index (Phi) is 4.15. The van der Waals surface area contributed by atoms with Crippen LogP contribution in [0.4, 0.5) is 0 Å². The van der Waals surface area contributed by atoms with Gasteiger partial charge in [-0.2, -0.15) is 0 Å². The van der Waals surface area contributed by atoms with Crippen LogP contribution in [0, 0.1) is 0 Å². The molecule has 1 aromatic rings. The van der Waals surface area contributed by atoms with Crippen molar-refractivity contribution in [3.05, 3.63) is 35.9 Å². The number of fused-ring (bicyclic) bond motifs is 2. The van der Waals surface area contributed by atoms with Crippen LogP contribution in [0.15, 0.2) is 30.3 Å². The molecule has 0 aromatic heterocycles. The second-order valence-electron chi connectivity index (χ2n) is 5.64. The van der Waals surface area contributed by atoms with Crippen molar-refractivity contribution in [1.82, 2.24) is 4.90 Å². The van der Waals surface area contributed by atoms with Crippen molar-refractivity contribution in [2.75, 3.05) is 6.98 Å². The monoisotopic (exact) mass is 358 g/mol. The first kappa shape index (κ1) is 12.6. The van der Waals surface area contributed by atoms with Crippen LogP contribution in [0.2, 0.25) is 0 Å². The number of hydrogen-bond acceptors (Lipinski definition) is 4. The molecule has 4 atom stereocenters. The molecule has 1 N–H and O–H groups in total. The molecular weight excluding hydrogens is 334 g/mol. The van der Waals surface area contributed by atoms with E-state index in [2.05, 4.69) is 0 Å². The highest BCUT2D eigenvalue weighted by Crippen LogP contribution is 2.35. The lowest BCUT2D eigenvalue weighted by Gasteiger charge is -2.36. The number of rotatable bonds is 3. The van der Waals surface area contributed by atoms with Crippen LogP contribution in [0.1, 0.15) is 41.5 Å². The van der Waals surface area contributed by atoms with Gasteiger partial charge in [0.25, 0.3) is 0 Å². The average molecular weight is 359 g/mol. The molecule has 0 radical (unpaired) electrons. The lowest BCUT2D eigenvalue weighted by atomic mass is 10.0. The molecule has 2 bridgehead atoms. The highest BCUT2D eigenvalue weighted by Gasteiger charge is 2.40. The van der Waals surface area contributed by atoms with Gasteiger partial charge in [0.2, 0.25) is 0 Å². The van der Waals surface area contributed by atoms with Crippen LogP contribution in [0.5, 0.6) is 0 Å². The van der Waals surface area contributed by atoms with Crippen molar-refractivity contribution >= 4 is 23.0 Å². The summed E-state index contributed by atoms with van der Waals surface area (Å²) in [7, 11) is 0. The van der Waals surface area contributed by atoms with Gasteiger partial charge in [-0.15, -0.1) is 17.0 Å². The highest BCUT2D eigenvalue weighted by molar-refractivity contribution is 8.93. The van der Waals surface area contributed by atoms with E-state index < -0.39 is 19.0 Å². The van der Waals surface area contributed by atoms with E-state index in [1.807, 2.05) is 6.07 Å². The van der Waals surface area contributed by atoms with Crippen LogP contribution in [-0.4, -0.2) is 41.1 Å². The lowest BCUT2D eigenvalue weighted by Crippen LogP contribution is -2.43. The first-order valence-corrected chi connectivity index (χ1v) is 7.08. The zero-order valence-corrected chi connectivity index (χ0v) is 13.4. The SMILES string of the molecule is Br.[2H]C([2H])([2H])N1[C@@H]2CC[C@H]1CC(OC(=O)C(O)c1ccccc1)C2. The lowest BCUT2D eigenvalue weighted by molar-refractivity contribution is -0.162. The molecule has 2 heterocycles. The molecule has 2 saturated heterocycles. The van der Waals surface area contributed by atoms with E-state index in [0.717, 1.165) is 12.8 Å². The van der Waals surface area contributed by atoms with Crippen LogP contribution >= 0.6 is 17.0 Å². The van der Waals surface area contributed by atoms with Crippen molar-refractivity contribution in [2.45, 2.75) is 50.0 Å². The molecule has 116 valence electrons. The van der Waals surface area contributed by atoms with Crippen molar-refractivity contribution < 1.29 is 18.8 Å². The zero-order chi connectivity index (χ0) is 16.6. The molecule has 2 unspecified atom stereocenters. The number of ether oxygens (including phenoxy) is 1. The van der Waals surface area contributed by atoms with Gasteiger partial charge in [-0.05, 0) is 38.2 Å². The molecule has 2 aliphatic heterocycles. The normalized spacial score (nSPS) is 32.2. The molecule has 2 aliphatic rings. The van der Waals surface area contributed by atoms with E-state index in [1.54, 1.807) is 29.2 Å². The summed E-state index contributed by atoms with van der Waals surface area (Å²) >= 11 is 0. The molecule has 0 spiro atoms. The van der Waals surface area contributed by atoms with Crippen molar-refractivity contribution in [2.24, 2.45) is 0 Å². The largest absolute Gasteiger partial charge is 0.460 e. The van der Waals surface area contributed by atoms with Crippen molar-refractivity contribution in [3.8, 4) is 0 Å². The summed E-state index contributed by atoms with van der Waals surface area (Å²) in [6.07, 6.45) is 1.05. The highest BCUT2D eigenvalue weighted by atomic mass is 79.9. The van der Waals surface area contributed by atoms with E-state index in [-0.39, 0.29) is 35.2 Å². The summed E-state index contributed by atoms with van der Waals surface area (Å²) in [5.74, 6) is -0.664. The Morgan fingerprint density at radius 1 is 1.33 bits per heavy atom. The molecule has 1 aromatic carbocycles. The van der Waals surface area contributed by atoms with Gasteiger partial charge in [-0.25, -0.2) is 4.79 Å². The standard InChI is InChI=1S/C16H21NO3.BrH/c1-17-12-7-8-13(17)10-14(9-12)20-16(19)15(18)11-5-3-2-4-6-11;/h2-6,12-15,18H,7-10H2,1H3;1H/t12-,13+,14?,15?;/i1D3;. The van der Waals surface area contributed by atoms with Crippen molar-refractivity contribution in [1.29, 1.82) is 0 Å². The van der Waals surface area contributed by atoms with Gasteiger partial charge in [0.1, 0.15) is 6.10 Å². The Balaban J connectivity index is 0.00000208. The number of piperidine rings is 1. The average Bonchev–Trinajstić information content (AvgIpc) is 2.80. The van der Waals surface area contributed by atoms with Gasteiger partial charge in [0.05, 0.1) is 0 Å². The van der Waals surface area contributed by atoms with Gasteiger partial charge in [-0.1, -0.05) is 30.3 Å². The number of carbonyl (C=O) groups is 1. The third-order valence-electron chi connectivity index (χ3n) is 4.31. The summed E-state index contributed by atoms with van der Waals surface area (Å²) in [5, 5.41) is 10.1. The third-order valence-corrected chi connectivity index (χ3v) is 4.31. The van der Waals surface area contributed by atoms with Crippen LogP contribution in [-0.2, 0) is 9.53 Å². The van der Waals surface area contributed by atoms with Gasteiger partial charge in [0.15, 0.2) is 6.10 Å². The summed E-state index contributed by atoms with van der Waals surface area (Å²) in [5.41, 5.74) is 0.500. The number of carbonyl (C=O) groups excluding carboxylic acids is 1. The maximum Gasteiger partial charge on any atom is 0.339 e. The van der Waals surface area contributed by atoms with E-state index in [1.165, 1.54) is 0 Å². The van der Waals surface area contributed by atoms with Gasteiger partial charge in [0, 0.05) is 16.2 Å². The van der Waals surface area contributed by atoms with Gasteiger partial charge >= 0.3 is 5.97 Å². The number of aliphatic hydroxyl groups is 1. The summed E-state index contributed by atoms with van der Waals surface area (Å²) in [4.78, 5) is 13.7. The number of halogens is 1. The van der Waals surface area contributed by atoms with E-state index in [0.29, 0.717) is 18.4 Å². The minimum Gasteiger partial charge on any atom is -0.460 e. The van der Waals surface area contributed by atoms with Crippen LogP contribution < -0.4 is 0 Å². The fraction of sp³-hybridized carbons (Fsp3) is 0.562. The Hall–Kier alpha value is -0.910. The molecule has 0 amide bonds. The van der Waals surface area contributed by atoms with Gasteiger partial charge < -0.3 is 14.7 Å². The second-order valence-corrected chi connectivity index (χ2v) is 5.64. The first-order valence-electron chi connectivity index (χ1n) is 8.58. The Labute approximate surface area is 140 Å². The number of hydrogen-bond donors (Lipinski definition) is 1. The zero-order valence-electron chi connectivity index (χ0n) is 14.6. The van der Waals surface area contributed by atoms with E-state index in [4.69, 9.17) is 8.85 Å². The van der Waals surface area contributed by atoms with Gasteiger partial charge in [-0.3, -0.25) is 0 Å². The van der Waals surface area contributed by atoms with Crippen LogP contribution in [0.3, 0.4) is 0 Å². The molecule has 5 heteroatoms. The first-order chi connectivity index (χ1) is 10.9. The predicted molar refractivity (Wildman–Crippen MR) is 85.4 cm³/mol. The minimum absolute atomic E-state index is 0. The quantitative estimate of drug-likeness (QED) is 0.843. The van der Waals surface area contributed by atoms with E-state index >= 15 is 0 Å². The number of esters is 1. The fourth-order valence-electron chi connectivity index (χ4n) is 3.22. The number of benzene rings is 1. The predicted octanol–water partition coefficient (Wildman–Crippen LogP) is 2.47. The molecule has 2 fully saturated rings. The summed E-state index contributed by atoms with van der Waals surface area (Å²) in [6, 6.07) is 8.51. The Bertz CT molecular complexity index is 555. The van der Waals surface area contributed by atoms with Crippen molar-refractivity contribution in [3.63, 3.8) is 0 Å². The number of aliphatic hydroxyl groups excluding tert-OH is 1. The smallest absolute Gasteiger partial charge is 0.339 e. The Morgan fingerprint density at radius 3 is 2.52 bits per heavy atom. The van der Waals surface area contributed by atoms with Crippen LogP contribution in [0.25, 0.3) is 0 Å². The topological polar surface area (TPSA) is 49.8 Å². The molecule has 0 saturated carbocycles. The molecule has 4 nitrogen and oxygen atoms in total. The molecule has 21 heavy (non-hydrogen) atoms. The molecule has 0 aliphatic carbocycles. The summed E-state index contributed by atoms with van der Waals surface area (Å²) < 4.78 is 28.3. The maximum atomic E-state index is 12.1. The second kappa shape index (κ2) is 6.90. The fourth-order valence-corrected chi connectivity index (χ4v) is 3.22.